The van der Waals surface area contributed by atoms with Crippen LogP contribution in [0.15, 0.2) is 43.0 Å². The van der Waals surface area contributed by atoms with Crippen LogP contribution in [0.2, 0.25) is 0 Å². The second-order valence-corrected chi connectivity index (χ2v) is 6.86. The number of nitrogens with zero attached hydrogens (tertiary/aromatic N) is 4. The summed E-state index contributed by atoms with van der Waals surface area (Å²) in [6.07, 6.45) is 11.0. The van der Waals surface area contributed by atoms with Gasteiger partial charge >= 0.3 is 0 Å². The first-order valence-electron chi connectivity index (χ1n) is 8.89. The summed E-state index contributed by atoms with van der Waals surface area (Å²) in [5.74, 6) is 0.724. The van der Waals surface area contributed by atoms with Crippen molar-refractivity contribution >= 4 is 5.91 Å². The lowest BCUT2D eigenvalue weighted by Gasteiger charge is -2.28. The predicted octanol–water partition coefficient (Wildman–Crippen LogP) is 2.12. The van der Waals surface area contributed by atoms with Crippen LogP contribution in [-0.2, 0) is 11.2 Å². The van der Waals surface area contributed by atoms with Gasteiger partial charge in [0.15, 0.2) is 0 Å². The average Bonchev–Trinajstić information content (AvgIpc) is 3.42. The summed E-state index contributed by atoms with van der Waals surface area (Å²) >= 11 is 0. The van der Waals surface area contributed by atoms with Crippen LogP contribution in [0, 0.1) is 5.92 Å². The molecule has 130 valence electrons. The molecule has 2 aromatic heterocycles. The summed E-state index contributed by atoms with van der Waals surface area (Å²) < 4.78 is 6.19. The van der Waals surface area contributed by atoms with Crippen LogP contribution in [0.4, 0.5) is 0 Å². The highest BCUT2D eigenvalue weighted by Crippen LogP contribution is 2.32. The smallest absolute Gasteiger partial charge is 0.255 e. The van der Waals surface area contributed by atoms with Crippen LogP contribution in [0.3, 0.4) is 0 Å². The molecule has 0 radical (unpaired) electrons. The molecular formula is C19H22N4O2. The summed E-state index contributed by atoms with van der Waals surface area (Å²) in [5.41, 5.74) is 1.75. The van der Waals surface area contributed by atoms with Gasteiger partial charge in [-0.15, -0.1) is 0 Å². The van der Waals surface area contributed by atoms with Gasteiger partial charge in [0.25, 0.3) is 5.91 Å². The predicted molar refractivity (Wildman–Crippen MR) is 91.9 cm³/mol. The Hall–Kier alpha value is -2.34. The third kappa shape index (κ3) is 3.85. The number of amides is 1. The molecule has 0 bridgehead atoms. The summed E-state index contributed by atoms with van der Waals surface area (Å²) in [6, 6.07) is 5.78. The Bertz CT molecular complexity index is 706. The number of aromatic nitrogens is 3. The lowest BCUT2D eigenvalue weighted by atomic mass is 10.0. The van der Waals surface area contributed by atoms with Crippen molar-refractivity contribution in [3.05, 3.63) is 54.1 Å². The number of carbonyl (C=O) groups excluding carboxylic acids is 1. The zero-order chi connectivity index (χ0) is 17.1. The van der Waals surface area contributed by atoms with Gasteiger partial charge in [-0.3, -0.25) is 9.78 Å². The molecule has 3 heterocycles. The molecule has 6 heteroatoms. The quantitative estimate of drug-likeness (QED) is 0.807. The zero-order valence-corrected chi connectivity index (χ0v) is 14.1. The molecular weight excluding hydrogens is 316 g/mol. The Kier molecular flexibility index (Phi) is 4.70. The molecule has 0 aromatic carbocycles. The fourth-order valence-electron chi connectivity index (χ4n) is 3.40. The van der Waals surface area contributed by atoms with Crippen molar-refractivity contribution in [1.82, 2.24) is 20.1 Å². The third-order valence-electron chi connectivity index (χ3n) is 5.01. The second kappa shape index (κ2) is 7.27. The van der Waals surface area contributed by atoms with Crippen molar-refractivity contribution in [2.45, 2.75) is 37.8 Å². The van der Waals surface area contributed by atoms with Crippen molar-refractivity contribution < 1.29 is 9.53 Å². The minimum atomic E-state index is 0.00600. The number of hydrogen-bond donors (Lipinski definition) is 0. The Morgan fingerprint density at radius 3 is 2.68 bits per heavy atom. The van der Waals surface area contributed by atoms with E-state index in [-0.39, 0.29) is 18.1 Å². The molecule has 2 fully saturated rings. The average molecular weight is 338 g/mol. The number of pyridine rings is 1. The minimum Gasteiger partial charge on any atom is -0.376 e. The first-order valence-corrected chi connectivity index (χ1v) is 8.89. The number of ether oxygens (including phenoxy) is 1. The van der Waals surface area contributed by atoms with Gasteiger partial charge in [0, 0.05) is 25.5 Å². The molecule has 6 nitrogen and oxygen atoms in total. The molecule has 1 saturated heterocycles. The van der Waals surface area contributed by atoms with Crippen molar-refractivity contribution in [2.75, 3.05) is 13.2 Å². The van der Waals surface area contributed by atoms with E-state index >= 15 is 0 Å². The van der Waals surface area contributed by atoms with Gasteiger partial charge < -0.3 is 9.64 Å². The highest BCUT2D eigenvalue weighted by atomic mass is 16.5. The van der Waals surface area contributed by atoms with Gasteiger partial charge in [-0.25, -0.2) is 0 Å². The molecule has 1 aliphatic carbocycles. The number of hydrogen-bond acceptors (Lipinski definition) is 5. The van der Waals surface area contributed by atoms with E-state index in [2.05, 4.69) is 15.2 Å². The zero-order valence-electron chi connectivity index (χ0n) is 14.1. The van der Waals surface area contributed by atoms with Crippen molar-refractivity contribution in [3.63, 3.8) is 0 Å². The lowest BCUT2D eigenvalue weighted by Crippen LogP contribution is -2.42. The highest BCUT2D eigenvalue weighted by Gasteiger charge is 2.39. The van der Waals surface area contributed by atoms with Gasteiger partial charge in [-0.1, -0.05) is 0 Å². The van der Waals surface area contributed by atoms with Gasteiger partial charge in [0.1, 0.15) is 0 Å². The third-order valence-corrected chi connectivity index (χ3v) is 5.01. The van der Waals surface area contributed by atoms with Gasteiger partial charge in [0.05, 0.1) is 30.1 Å². The molecule has 4 rings (SSSR count). The fraction of sp³-hybridized carbons (Fsp3) is 0.474. The van der Waals surface area contributed by atoms with Crippen molar-refractivity contribution in [1.29, 1.82) is 0 Å². The number of rotatable bonds is 6. The van der Waals surface area contributed by atoms with Crippen LogP contribution >= 0.6 is 0 Å². The molecule has 2 aromatic rings. The van der Waals surface area contributed by atoms with Crippen molar-refractivity contribution in [2.24, 2.45) is 5.92 Å². The molecule has 2 atom stereocenters. The summed E-state index contributed by atoms with van der Waals surface area (Å²) in [5, 5.41) is 7.60. The van der Waals surface area contributed by atoms with E-state index < -0.39 is 0 Å². The largest absolute Gasteiger partial charge is 0.376 e. The fourth-order valence-corrected chi connectivity index (χ4v) is 3.40. The van der Waals surface area contributed by atoms with E-state index in [4.69, 9.17) is 4.74 Å². The molecule has 1 amide bonds. The van der Waals surface area contributed by atoms with E-state index in [1.807, 2.05) is 17.0 Å². The van der Waals surface area contributed by atoms with Gasteiger partial charge in [-0.05, 0) is 55.4 Å². The SMILES string of the molecule is O=C(c1ccnnc1)N1CC[C@@H](OCC2CC2)[C@H]1Cc1ccncc1. The normalized spacial score (nSPS) is 23.0. The van der Waals surface area contributed by atoms with Crippen LogP contribution in [0.1, 0.15) is 35.2 Å². The summed E-state index contributed by atoms with van der Waals surface area (Å²) in [6.45, 7) is 1.53. The molecule has 1 aliphatic heterocycles. The first kappa shape index (κ1) is 16.1. The maximum absolute atomic E-state index is 12.9. The Morgan fingerprint density at radius 1 is 1.12 bits per heavy atom. The molecule has 0 N–H and O–H groups in total. The van der Waals surface area contributed by atoms with Crippen molar-refractivity contribution in [3.8, 4) is 0 Å². The van der Waals surface area contributed by atoms with E-state index in [1.54, 1.807) is 24.7 Å². The van der Waals surface area contributed by atoms with Crippen LogP contribution in [-0.4, -0.2) is 51.3 Å². The van der Waals surface area contributed by atoms with E-state index in [9.17, 15) is 4.79 Å². The molecule has 0 spiro atoms. The van der Waals surface area contributed by atoms with Crippen LogP contribution in [0.5, 0.6) is 0 Å². The van der Waals surface area contributed by atoms with Crippen LogP contribution in [0.25, 0.3) is 0 Å². The van der Waals surface area contributed by atoms with E-state index in [0.717, 1.165) is 25.4 Å². The summed E-state index contributed by atoms with van der Waals surface area (Å²) in [7, 11) is 0. The number of carbonyl (C=O) groups is 1. The highest BCUT2D eigenvalue weighted by molar-refractivity contribution is 5.94. The van der Waals surface area contributed by atoms with E-state index in [0.29, 0.717) is 12.1 Å². The van der Waals surface area contributed by atoms with Gasteiger partial charge in [0.2, 0.25) is 0 Å². The number of likely N-dealkylation sites (tertiary alicyclic amines) is 1. The molecule has 0 unspecified atom stereocenters. The molecule has 2 aliphatic rings. The lowest BCUT2D eigenvalue weighted by molar-refractivity contribution is 0.0200. The van der Waals surface area contributed by atoms with Gasteiger partial charge in [-0.2, -0.15) is 10.2 Å². The van der Waals surface area contributed by atoms with E-state index in [1.165, 1.54) is 24.6 Å². The minimum absolute atomic E-state index is 0.00600. The maximum Gasteiger partial charge on any atom is 0.255 e. The second-order valence-electron chi connectivity index (χ2n) is 6.86. The Labute approximate surface area is 147 Å². The Morgan fingerprint density at radius 2 is 1.96 bits per heavy atom. The Balaban J connectivity index is 1.52. The molecule has 25 heavy (non-hydrogen) atoms. The van der Waals surface area contributed by atoms with Crippen LogP contribution < -0.4 is 0 Å². The molecule has 1 saturated carbocycles. The topological polar surface area (TPSA) is 68.2 Å². The monoisotopic (exact) mass is 338 g/mol. The first-order chi connectivity index (χ1) is 12.3. The summed E-state index contributed by atoms with van der Waals surface area (Å²) in [4.78, 5) is 19.0. The standard InChI is InChI=1S/C19H22N4O2/c24-19(16-5-9-21-22-12-16)23-10-6-18(25-13-15-1-2-15)17(23)11-14-3-7-20-8-4-14/h3-5,7-9,12,15,17-18H,1-2,6,10-11,13H2/t17-,18-/m1/s1. The maximum atomic E-state index is 12.9.